The van der Waals surface area contributed by atoms with Gasteiger partial charge in [0, 0.05) is 5.41 Å². The van der Waals surface area contributed by atoms with Crippen molar-refractivity contribution in [2.45, 2.75) is 45.4 Å². The van der Waals surface area contributed by atoms with E-state index in [2.05, 4.69) is 223 Å². The molecule has 0 amide bonds. The molecular weight excluding hydrogens is 757 g/mol. The summed E-state index contributed by atoms with van der Waals surface area (Å²) in [5, 5.41) is 15.9. The van der Waals surface area contributed by atoms with Crippen LogP contribution in [0.3, 0.4) is 0 Å². The van der Waals surface area contributed by atoms with Gasteiger partial charge in [-0.1, -0.05) is 192 Å². The van der Waals surface area contributed by atoms with Gasteiger partial charge in [0.1, 0.15) is 0 Å². The summed E-state index contributed by atoms with van der Waals surface area (Å²) < 4.78 is 0. The molecule has 1 aliphatic rings. The molecule has 0 N–H and O–H groups in total. The third-order valence-corrected chi connectivity index (χ3v) is 14.7. The zero-order valence-corrected chi connectivity index (χ0v) is 36.4. The monoisotopic (exact) mass is 802 g/mol. The Bertz CT molecular complexity index is 3830. The highest BCUT2D eigenvalue weighted by atomic mass is 14.4. The Hall–Kier alpha value is -7.28. The van der Waals surface area contributed by atoms with E-state index in [9.17, 15) is 0 Å². The van der Waals surface area contributed by atoms with E-state index in [1.54, 1.807) is 0 Å². The number of hydrogen-bond acceptors (Lipinski definition) is 0. The van der Waals surface area contributed by atoms with Gasteiger partial charge in [-0.2, -0.15) is 0 Å². The van der Waals surface area contributed by atoms with Crippen LogP contribution in [0, 0.1) is 0 Å². The Labute approximate surface area is 368 Å². The maximum Gasteiger partial charge on any atom is 0.0159 e. The van der Waals surface area contributed by atoms with Gasteiger partial charge in [-0.05, 0) is 173 Å². The Kier molecular flexibility index (Phi) is 7.44. The van der Waals surface area contributed by atoms with Crippen LogP contribution >= 0.6 is 0 Å². The van der Waals surface area contributed by atoms with Crippen LogP contribution in [0.25, 0.3) is 120 Å². The zero-order valence-electron chi connectivity index (χ0n) is 36.4. The largest absolute Gasteiger partial charge is 0.0610 e. The fraction of sp³-hybridized carbons (Fsp3) is 0.111. The maximum absolute atomic E-state index is 2.46. The smallest absolute Gasteiger partial charge is 0.0159 e. The standard InChI is InChI=1S/C63H46/c1-62(2,3)49-32-47-21-20-39-22-26-50(54-29-25-48(33-49)59(47)61(39)54)44-14-7-12-40(30-44)42-23-27-51-52-28-24-43(36-57(52)63(4,5)56(51)35-42)41-13-8-15-45(31-41)55-34-46-16-6-10-37-18-19-38-11-9-17-53(55)60(38)58(37)46/h6-36H,1-5H3. The molecule has 0 unspecified atom stereocenters. The molecule has 0 bridgehead atoms. The minimum absolute atomic E-state index is 0.0931. The number of hydrogen-bond donors (Lipinski definition) is 0. The number of fused-ring (bicyclic) bond motifs is 3. The third-order valence-electron chi connectivity index (χ3n) is 14.7. The van der Waals surface area contributed by atoms with Gasteiger partial charge in [-0.3, -0.25) is 0 Å². The fourth-order valence-corrected chi connectivity index (χ4v) is 11.3. The molecule has 1 aliphatic carbocycles. The van der Waals surface area contributed by atoms with Gasteiger partial charge in [0.2, 0.25) is 0 Å². The summed E-state index contributed by atoms with van der Waals surface area (Å²) in [4.78, 5) is 0. The van der Waals surface area contributed by atoms with Crippen LogP contribution in [0.1, 0.15) is 51.3 Å². The molecule has 12 aromatic rings. The summed E-state index contributed by atoms with van der Waals surface area (Å²) in [5.74, 6) is 0. The number of benzene rings is 12. The molecule has 12 aromatic carbocycles. The first-order chi connectivity index (χ1) is 30.6. The summed E-state index contributed by atoms with van der Waals surface area (Å²) in [6.07, 6.45) is 0. The van der Waals surface area contributed by atoms with E-state index >= 15 is 0 Å². The van der Waals surface area contributed by atoms with Crippen LogP contribution in [0.2, 0.25) is 0 Å². The van der Waals surface area contributed by atoms with Crippen molar-refractivity contribution in [3.63, 3.8) is 0 Å². The van der Waals surface area contributed by atoms with E-state index in [1.807, 2.05) is 0 Å². The third kappa shape index (κ3) is 5.34. The lowest BCUT2D eigenvalue weighted by Gasteiger charge is -2.23. The van der Waals surface area contributed by atoms with Crippen molar-refractivity contribution in [1.82, 2.24) is 0 Å². The second kappa shape index (κ2) is 12.9. The average Bonchev–Trinajstić information content (AvgIpc) is 3.54. The molecule has 0 radical (unpaired) electrons. The lowest BCUT2D eigenvalue weighted by molar-refractivity contribution is 0.591. The van der Waals surface area contributed by atoms with Crippen molar-refractivity contribution in [2.24, 2.45) is 0 Å². The molecule has 0 saturated carbocycles. The van der Waals surface area contributed by atoms with Gasteiger partial charge in [0.15, 0.2) is 0 Å². The van der Waals surface area contributed by atoms with Gasteiger partial charge in [0.05, 0.1) is 0 Å². The van der Waals surface area contributed by atoms with Gasteiger partial charge in [-0.15, -0.1) is 0 Å². The molecule has 0 heterocycles. The van der Waals surface area contributed by atoms with E-state index in [-0.39, 0.29) is 10.8 Å². The highest BCUT2D eigenvalue weighted by molar-refractivity contribution is 6.27. The van der Waals surface area contributed by atoms with Crippen molar-refractivity contribution in [3.05, 3.63) is 205 Å². The molecule has 0 fully saturated rings. The maximum atomic E-state index is 2.46. The predicted octanol–water partition coefficient (Wildman–Crippen LogP) is 17.8. The summed E-state index contributed by atoms with van der Waals surface area (Å²) in [6.45, 7) is 11.7. The zero-order chi connectivity index (χ0) is 42.4. The minimum Gasteiger partial charge on any atom is -0.0610 e. The van der Waals surface area contributed by atoms with Crippen LogP contribution in [0.5, 0.6) is 0 Å². The topological polar surface area (TPSA) is 0 Å². The molecule has 0 saturated heterocycles. The Balaban J connectivity index is 0.860. The second-order valence-corrected chi connectivity index (χ2v) is 19.7. The van der Waals surface area contributed by atoms with E-state index in [0.29, 0.717) is 0 Å². The molecule has 0 atom stereocenters. The average molecular weight is 803 g/mol. The summed E-state index contributed by atoms with van der Waals surface area (Å²) in [6, 6.07) is 71.7. The van der Waals surface area contributed by atoms with E-state index in [1.165, 1.54) is 137 Å². The first kappa shape index (κ1) is 36.4. The van der Waals surface area contributed by atoms with E-state index < -0.39 is 0 Å². The summed E-state index contributed by atoms with van der Waals surface area (Å²) >= 11 is 0. The minimum atomic E-state index is -0.158. The lowest BCUT2D eigenvalue weighted by Crippen LogP contribution is -2.15. The molecule has 0 nitrogen and oxygen atoms in total. The quantitative estimate of drug-likeness (QED) is 0.156. The van der Waals surface area contributed by atoms with Crippen LogP contribution in [-0.2, 0) is 10.8 Å². The summed E-state index contributed by atoms with van der Waals surface area (Å²) in [7, 11) is 0. The van der Waals surface area contributed by atoms with Gasteiger partial charge < -0.3 is 0 Å². The molecular formula is C63H46. The fourth-order valence-electron chi connectivity index (χ4n) is 11.3. The van der Waals surface area contributed by atoms with Crippen molar-refractivity contribution < 1.29 is 0 Å². The highest BCUT2D eigenvalue weighted by Gasteiger charge is 2.36. The normalized spacial score (nSPS) is 13.6. The van der Waals surface area contributed by atoms with Crippen LogP contribution in [-0.4, -0.2) is 0 Å². The van der Waals surface area contributed by atoms with Crippen LogP contribution < -0.4 is 0 Å². The molecule has 298 valence electrons. The molecule has 0 aliphatic heterocycles. The molecule has 63 heavy (non-hydrogen) atoms. The van der Waals surface area contributed by atoms with Crippen LogP contribution in [0.4, 0.5) is 0 Å². The Morgan fingerprint density at radius 3 is 1.35 bits per heavy atom. The van der Waals surface area contributed by atoms with Crippen molar-refractivity contribution >= 4 is 64.6 Å². The SMILES string of the molecule is CC(C)(C)c1cc2ccc3ccc(-c4cccc(-c5ccc6c(c5)C(C)(C)c5cc(-c7cccc(-c8cc9cccc%10ccc%11cccc8c%11c%109)c7)ccc5-6)c4)c4ccc(c1)c2c34. The van der Waals surface area contributed by atoms with Gasteiger partial charge in [-0.25, -0.2) is 0 Å². The van der Waals surface area contributed by atoms with Crippen LogP contribution in [0.15, 0.2) is 188 Å². The molecule has 0 aromatic heterocycles. The highest BCUT2D eigenvalue weighted by Crippen LogP contribution is 2.51. The van der Waals surface area contributed by atoms with Crippen molar-refractivity contribution in [3.8, 4) is 55.6 Å². The van der Waals surface area contributed by atoms with Crippen molar-refractivity contribution in [1.29, 1.82) is 0 Å². The summed E-state index contributed by atoms with van der Waals surface area (Å²) in [5.41, 5.74) is 16.8. The van der Waals surface area contributed by atoms with Gasteiger partial charge >= 0.3 is 0 Å². The Morgan fingerprint density at radius 2 is 0.714 bits per heavy atom. The van der Waals surface area contributed by atoms with Gasteiger partial charge in [0.25, 0.3) is 0 Å². The molecule has 0 spiro atoms. The van der Waals surface area contributed by atoms with E-state index in [0.717, 1.165) is 0 Å². The predicted molar refractivity (Wildman–Crippen MR) is 272 cm³/mol. The Morgan fingerprint density at radius 1 is 0.302 bits per heavy atom. The molecule has 13 rings (SSSR count). The number of rotatable bonds is 4. The first-order valence-corrected chi connectivity index (χ1v) is 22.5. The first-order valence-electron chi connectivity index (χ1n) is 22.5. The van der Waals surface area contributed by atoms with Crippen molar-refractivity contribution in [2.75, 3.05) is 0 Å². The molecule has 0 heteroatoms. The van der Waals surface area contributed by atoms with E-state index in [4.69, 9.17) is 0 Å². The lowest BCUT2D eigenvalue weighted by atomic mass is 9.80. The second-order valence-electron chi connectivity index (χ2n) is 19.7.